The summed E-state index contributed by atoms with van der Waals surface area (Å²) in [5, 5.41) is 3.44. The number of halogens is 2. The van der Waals surface area contributed by atoms with Gasteiger partial charge in [0.25, 0.3) is 17.7 Å². The van der Waals surface area contributed by atoms with E-state index in [2.05, 4.69) is 5.32 Å². The molecular formula is C21H20Cl2N2O4. The summed E-state index contributed by atoms with van der Waals surface area (Å²) in [7, 11) is 0. The predicted octanol–water partition coefficient (Wildman–Crippen LogP) is 4.41. The van der Waals surface area contributed by atoms with Crippen molar-refractivity contribution in [2.45, 2.75) is 32.4 Å². The van der Waals surface area contributed by atoms with Crippen molar-refractivity contribution < 1.29 is 19.1 Å². The van der Waals surface area contributed by atoms with Gasteiger partial charge in [-0.2, -0.15) is 0 Å². The molecule has 1 aliphatic rings. The SMILES string of the molecule is CC(OCC(C)(C)N1C(=O)c2ccccc2C1=O)C(=O)Nc1cc(Cl)ccc1Cl. The van der Waals surface area contributed by atoms with E-state index in [0.717, 1.165) is 0 Å². The molecule has 152 valence electrons. The molecule has 0 radical (unpaired) electrons. The van der Waals surface area contributed by atoms with Crippen LogP contribution in [0.25, 0.3) is 0 Å². The second-order valence-corrected chi connectivity index (χ2v) is 8.21. The van der Waals surface area contributed by atoms with Gasteiger partial charge in [-0.3, -0.25) is 19.3 Å². The molecule has 0 saturated carbocycles. The normalized spacial score (nSPS) is 14.7. The van der Waals surface area contributed by atoms with Crippen LogP contribution in [0, 0.1) is 0 Å². The number of nitrogens with one attached hydrogen (secondary N) is 1. The summed E-state index contributed by atoms with van der Waals surface area (Å²) in [5.41, 5.74) is 0.160. The van der Waals surface area contributed by atoms with E-state index in [-0.39, 0.29) is 18.4 Å². The number of carbonyl (C=O) groups is 3. The first-order valence-corrected chi connectivity index (χ1v) is 9.73. The lowest BCUT2D eigenvalue weighted by molar-refractivity contribution is -0.128. The summed E-state index contributed by atoms with van der Waals surface area (Å²) < 4.78 is 5.68. The molecule has 2 aromatic carbocycles. The maximum absolute atomic E-state index is 12.7. The fraction of sp³-hybridized carbons (Fsp3) is 0.286. The Morgan fingerprint density at radius 3 is 2.28 bits per heavy atom. The summed E-state index contributed by atoms with van der Waals surface area (Å²) in [4.78, 5) is 39.0. The summed E-state index contributed by atoms with van der Waals surface area (Å²) in [5.74, 6) is -1.17. The molecule has 1 N–H and O–H groups in total. The van der Waals surface area contributed by atoms with Crippen molar-refractivity contribution >= 4 is 46.6 Å². The number of amides is 3. The minimum Gasteiger partial charge on any atom is -0.366 e. The van der Waals surface area contributed by atoms with Crippen molar-refractivity contribution in [2.24, 2.45) is 0 Å². The molecule has 0 aromatic heterocycles. The zero-order chi connectivity index (χ0) is 21.3. The highest BCUT2D eigenvalue weighted by Crippen LogP contribution is 2.30. The summed E-state index contributed by atoms with van der Waals surface area (Å²) in [6, 6.07) is 11.4. The Kier molecular flexibility index (Phi) is 5.98. The topological polar surface area (TPSA) is 75.7 Å². The van der Waals surface area contributed by atoms with Crippen LogP contribution in [-0.4, -0.2) is 40.9 Å². The van der Waals surface area contributed by atoms with Crippen molar-refractivity contribution in [1.29, 1.82) is 0 Å². The zero-order valence-corrected chi connectivity index (χ0v) is 17.7. The van der Waals surface area contributed by atoms with Crippen LogP contribution in [0.5, 0.6) is 0 Å². The molecule has 1 heterocycles. The lowest BCUT2D eigenvalue weighted by Crippen LogP contribution is -2.51. The van der Waals surface area contributed by atoms with E-state index in [0.29, 0.717) is 26.9 Å². The molecule has 0 spiro atoms. The van der Waals surface area contributed by atoms with E-state index >= 15 is 0 Å². The van der Waals surface area contributed by atoms with Crippen molar-refractivity contribution in [3.8, 4) is 0 Å². The molecule has 6 nitrogen and oxygen atoms in total. The van der Waals surface area contributed by atoms with Crippen molar-refractivity contribution in [3.05, 3.63) is 63.6 Å². The van der Waals surface area contributed by atoms with Crippen molar-refractivity contribution in [2.75, 3.05) is 11.9 Å². The number of fused-ring (bicyclic) bond motifs is 1. The molecule has 1 unspecified atom stereocenters. The maximum Gasteiger partial charge on any atom is 0.262 e. The summed E-state index contributed by atoms with van der Waals surface area (Å²) >= 11 is 12.0. The van der Waals surface area contributed by atoms with Gasteiger partial charge in [-0.15, -0.1) is 0 Å². The van der Waals surface area contributed by atoms with Crippen LogP contribution in [0.1, 0.15) is 41.5 Å². The highest BCUT2D eigenvalue weighted by Gasteiger charge is 2.44. The monoisotopic (exact) mass is 434 g/mol. The van der Waals surface area contributed by atoms with Gasteiger partial charge in [-0.1, -0.05) is 35.3 Å². The number of nitrogens with zero attached hydrogens (tertiary/aromatic N) is 1. The van der Waals surface area contributed by atoms with Crippen LogP contribution in [0.3, 0.4) is 0 Å². The standard InChI is InChI=1S/C21H20Cl2N2O4/c1-12(18(26)24-17-10-13(22)8-9-16(17)23)29-11-21(2,3)25-19(27)14-6-4-5-7-15(14)20(25)28/h4-10,12H,11H2,1-3H3,(H,24,26). The van der Waals surface area contributed by atoms with Gasteiger partial charge in [0.1, 0.15) is 6.10 Å². The third-order valence-electron chi connectivity index (χ3n) is 4.64. The summed E-state index contributed by atoms with van der Waals surface area (Å²) in [6.07, 6.45) is -0.848. The lowest BCUT2D eigenvalue weighted by atomic mass is 10.0. The van der Waals surface area contributed by atoms with Gasteiger partial charge in [0.15, 0.2) is 0 Å². The van der Waals surface area contributed by atoms with E-state index in [9.17, 15) is 14.4 Å². The number of hydrogen-bond acceptors (Lipinski definition) is 4. The van der Waals surface area contributed by atoms with E-state index in [1.807, 2.05) is 0 Å². The lowest BCUT2D eigenvalue weighted by Gasteiger charge is -2.34. The van der Waals surface area contributed by atoms with Crippen LogP contribution < -0.4 is 5.32 Å². The number of imide groups is 1. The zero-order valence-electron chi connectivity index (χ0n) is 16.2. The van der Waals surface area contributed by atoms with E-state index in [4.69, 9.17) is 27.9 Å². The van der Waals surface area contributed by atoms with Crippen molar-refractivity contribution in [3.63, 3.8) is 0 Å². The number of benzene rings is 2. The molecule has 0 fully saturated rings. The number of hydrogen-bond donors (Lipinski definition) is 1. The minimum absolute atomic E-state index is 0.0175. The van der Waals surface area contributed by atoms with Crippen LogP contribution in [0.15, 0.2) is 42.5 Å². The van der Waals surface area contributed by atoms with Gasteiger partial charge in [-0.05, 0) is 51.1 Å². The Bertz CT molecular complexity index is 955. The Balaban J connectivity index is 1.65. The van der Waals surface area contributed by atoms with E-state index in [1.54, 1.807) is 57.2 Å². The van der Waals surface area contributed by atoms with E-state index < -0.39 is 17.6 Å². The molecule has 3 amide bonds. The van der Waals surface area contributed by atoms with Crippen LogP contribution in [0.4, 0.5) is 5.69 Å². The van der Waals surface area contributed by atoms with Gasteiger partial charge in [0.05, 0.1) is 34.0 Å². The Morgan fingerprint density at radius 1 is 1.10 bits per heavy atom. The van der Waals surface area contributed by atoms with Gasteiger partial charge in [0, 0.05) is 5.02 Å². The molecule has 0 saturated heterocycles. The number of rotatable bonds is 6. The minimum atomic E-state index is -0.949. The molecule has 0 aliphatic carbocycles. The molecule has 29 heavy (non-hydrogen) atoms. The third kappa shape index (κ3) is 4.29. The first-order chi connectivity index (χ1) is 13.6. The molecule has 3 rings (SSSR count). The molecule has 1 atom stereocenters. The smallest absolute Gasteiger partial charge is 0.262 e. The Labute approximate surface area is 178 Å². The first kappa shape index (κ1) is 21.3. The average molecular weight is 435 g/mol. The van der Waals surface area contributed by atoms with Gasteiger partial charge >= 0.3 is 0 Å². The van der Waals surface area contributed by atoms with Gasteiger partial charge in [0.2, 0.25) is 0 Å². The number of carbonyl (C=O) groups excluding carboxylic acids is 3. The largest absolute Gasteiger partial charge is 0.366 e. The van der Waals surface area contributed by atoms with Crippen LogP contribution >= 0.6 is 23.2 Å². The third-order valence-corrected chi connectivity index (χ3v) is 5.21. The Morgan fingerprint density at radius 2 is 1.69 bits per heavy atom. The Hall–Kier alpha value is -2.41. The van der Waals surface area contributed by atoms with Crippen molar-refractivity contribution in [1.82, 2.24) is 4.90 Å². The van der Waals surface area contributed by atoms with E-state index in [1.165, 1.54) is 11.0 Å². The molecule has 0 bridgehead atoms. The molecule has 8 heteroatoms. The highest BCUT2D eigenvalue weighted by molar-refractivity contribution is 6.35. The van der Waals surface area contributed by atoms with Gasteiger partial charge in [-0.25, -0.2) is 0 Å². The second-order valence-electron chi connectivity index (χ2n) is 7.37. The summed E-state index contributed by atoms with van der Waals surface area (Å²) in [6.45, 7) is 4.99. The predicted molar refractivity (Wildman–Crippen MR) is 112 cm³/mol. The molecule has 2 aromatic rings. The maximum atomic E-state index is 12.7. The molecular weight excluding hydrogens is 415 g/mol. The molecule has 1 aliphatic heterocycles. The fourth-order valence-corrected chi connectivity index (χ4v) is 3.37. The number of anilines is 1. The number of ether oxygens (including phenoxy) is 1. The van der Waals surface area contributed by atoms with Crippen LogP contribution in [0.2, 0.25) is 10.0 Å². The second kappa shape index (κ2) is 8.14. The fourth-order valence-electron chi connectivity index (χ4n) is 3.04. The average Bonchev–Trinajstić information content (AvgIpc) is 2.94. The first-order valence-electron chi connectivity index (χ1n) is 8.97. The highest BCUT2D eigenvalue weighted by atomic mass is 35.5. The van der Waals surface area contributed by atoms with Crippen LogP contribution in [-0.2, 0) is 9.53 Å². The quantitative estimate of drug-likeness (QED) is 0.682. The van der Waals surface area contributed by atoms with Gasteiger partial charge < -0.3 is 10.1 Å².